The summed E-state index contributed by atoms with van der Waals surface area (Å²) in [4.78, 5) is 22.3. The Morgan fingerprint density at radius 2 is 1.74 bits per heavy atom. The van der Waals surface area contributed by atoms with Gasteiger partial charge in [-0.2, -0.15) is 0 Å². The van der Waals surface area contributed by atoms with Crippen LogP contribution in [0.25, 0.3) is 10.2 Å². The first-order chi connectivity index (χ1) is 17.9. The summed E-state index contributed by atoms with van der Waals surface area (Å²) in [5.41, 5.74) is 1.76. The van der Waals surface area contributed by atoms with E-state index in [0.717, 1.165) is 47.8 Å². The second-order valence-corrected chi connectivity index (χ2v) is 12.3. The van der Waals surface area contributed by atoms with Gasteiger partial charge in [0.05, 0.1) is 15.1 Å². The van der Waals surface area contributed by atoms with Crippen LogP contribution in [0.2, 0.25) is 0 Å². The number of thiazole rings is 1. The van der Waals surface area contributed by atoms with Gasteiger partial charge in [0.2, 0.25) is 0 Å². The molecule has 38 heavy (non-hydrogen) atoms. The van der Waals surface area contributed by atoms with Crippen molar-refractivity contribution in [1.29, 1.82) is 0 Å². The highest BCUT2D eigenvalue weighted by Crippen LogP contribution is 2.31. The summed E-state index contributed by atoms with van der Waals surface area (Å²) in [5.74, 6) is -0.236. The first-order valence-electron chi connectivity index (χ1n) is 11.9. The van der Waals surface area contributed by atoms with Gasteiger partial charge in [0.15, 0.2) is 5.13 Å². The molecule has 0 spiro atoms. The molecule has 12 heteroatoms. The van der Waals surface area contributed by atoms with E-state index < -0.39 is 10.0 Å². The van der Waals surface area contributed by atoms with E-state index in [0.29, 0.717) is 17.8 Å². The summed E-state index contributed by atoms with van der Waals surface area (Å²) in [5, 5.41) is 3.99. The van der Waals surface area contributed by atoms with Crippen molar-refractivity contribution < 1.29 is 13.2 Å². The molecule has 2 N–H and O–H groups in total. The van der Waals surface area contributed by atoms with Crippen LogP contribution < -0.4 is 14.9 Å². The van der Waals surface area contributed by atoms with Gasteiger partial charge in [-0.15, -0.1) is 12.4 Å². The number of rotatable bonds is 8. The standard InChI is InChI=1S/C26H26BrN5O3S2.ClH/c27-20-9-10-23-24(18-20)36-26(29-23)32-15-13-31(14-16-32)12-11-28-25(33)19-5-4-6-21(17-19)30-37(34,35)22-7-2-1-3-8-22;/h1-10,17-18,30H,11-16H2,(H,28,33);1H. The quantitative estimate of drug-likeness (QED) is 0.288. The van der Waals surface area contributed by atoms with Crippen LogP contribution in [0.1, 0.15) is 10.4 Å². The van der Waals surface area contributed by atoms with Gasteiger partial charge in [-0.3, -0.25) is 14.4 Å². The molecule has 0 aliphatic carbocycles. The normalized spacial score (nSPS) is 14.2. The Morgan fingerprint density at radius 1 is 0.974 bits per heavy atom. The van der Waals surface area contributed by atoms with Crippen molar-refractivity contribution in [1.82, 2.24) is 15.2 Å². The van der Waals surface area contributed by atoms with E-state index in [9.17, 15) is 13.2 Å². The van der Waals surface area contributed by atoms with E-state index in [4.69, 9.17) is 4.98 Å². The molecule has 0 bridgehead atoms. The van der Waals surface area contributed by atoms with Crippen molar-refractivity contribution in [2.24, 2.45) is 0 Å². The zero-order chi connectivity index (χ0) is 25.8. The third-order valence-corrected chi connectivity index (χ3v) is 9.10. The van der Waals surface area contributed by atoms with E-state index in [1.807, 2.05) is 12.1 Å². The molecule has 4 aromatic rings. The van der Waals surface area contributed by atoms with Crippen molar-refractivity contribution in [3.05, 3.63) is 82.8 Å². The molecule has 1 aliphatic rings. The molecule has 0 unspecified atom stereocenters. The van der Waals surface area contributed by atoms with Gasteiger partial charge in [0.25, 0.3) is 15.9 Å². The molecule has 0 saturated carbocycles. The number of nitrogens with one attached hydrogen (secondary N) is 2. The number of piperazine rings is 1. The number of fused-ring (bicyclic) bond motifs is 1. The molecule has 1 fully saturated rings. The van der Waals surface area contributed by atoms with Crippen molar-refractivity contribution in [3.8, 4) is 0 Å². The predicted octanol–water partition coefficient (Wildman–Crippen LogP) is 4.83. The topological polar surface area (TPSA) is 94.6 Å². The number of nitrogens with zero attached hydrogens (tertiary/aromatic N) is 3. The maximum atomic E-state index is 12.7. The highest BCUT2D eigenvalue weighted by molar-refractivity contribution is 9.10. The van der Waals surface area contributed by atoms with Crippen molar-refractivity contribution >= 4 is 76.6 Å². The number of carbonyl (C=O) groups is 1. The Hall–Kier alpha value is -2.70. The average molecular weight is 637 g/mol. The summed E-state index contributed by atoms with van der Waals surface area (Å²) in [6, 6.07) is 20.8. The molecule has 2 heterocycles. The third-order valence-electron chi connectivity index (χ3n) is 6.13. The zero-order valence-electron chi connectivity index (χ0n) is 20.3. The Morgan fingerprint density at radius 3 is 2.50 bits per heavy atom. The number of hydrogen-bond acceptors (Lipinski definition) is 7. The van der Waals surface area contributed by atoms with Crippen LogP contribution >= 0.6 is 39.7 Å². The molecule has 0 atom stereocenters. The van der Waals surface area contributed by atoms with E-state index >= 15 is 0 Å². The molecule has 1 amide bonds. The van der Waals surface area contributed by atoms with Gasteiger partial charge in [-0.05, 0) is 48.5 Å². The third kappa shape index (κ3) is 6.83. The number of anilines is 2. The highest BCUT2D eigenvalue weighted by Gasteiger charge is 2.20. The molecule has 0 radical (unpaired) electrons. The lowest BCUT2D eigenvalue weighted by molar-refractivity contribution is 0.0948. The largest absolute Gasteiger partial charge is 0.351 e. The van der Waals surface area contributed by atoms with Crippen molar-refractivity contribution in [2.75, 3.05) is 48.9 Å². The fourth-order valence-corrected chi connectivity index (χ4v) is 6.79. The Bertz CT molecular complexity index is 1510. The fraction of sp³-hybridized carbons (Fsp3) is 0.231. The summed E-state index contributed by atoms with van der Waals surface area (Å²) in [6.45, 7) is 4.82. The summed E-state index contributed by atoms with van der Waals surface area (Å²) in [7, 11) is -3.72. The maximum absolute atomic E-state index is 12.7. The minimum absolute atomic E-state index is 0. The molecular formula is C26H27BrClN5O3S2. The second-order valence-electron chi connectivity index (χ2n) is 8.69. The lowest BCUT2D eigenvalue weighted by Gasteiger charge is -2.34. The number of aromatic nitrogens is 1. The second kappa shape index (κ2) is 12.4. The van der Waals surface area contributed by atoms with Gasteiger partial charge in [0, 0.05) is 55.0 Å². The van der Waals surface area contributed by atoms with Crippen molar-refractivity contribution in [3.63, 3.8) is 0 Å². The lowest BCUT2D eigenvalue weighted by Crippen LogP contribution is -2.48. The fourth-order valence-electron chi connectivity index (χ4n) is 4.15. The summed E-state index contributed by atoms with van der Waals surface area (Å²) in [6.07, 6.45) is 0. The van der Waals surface area contributed by atoms with E-state index in [2.05, 4.69) is 41.8 Å². The summed E-state index contributed by atoms with van der Waals surface area (Å²) < 4.78 is 29.9. The Labute approximate surface area is 240 Å². The first kappa shape index (κ1) is 28.3. The number of carbonyl (C=O) groups excluding carboxylic acids is 1. The van der Waals surface area contributed by atoms with Gasteiger partial charge < -0.3 is 10.2 Å². The number of hydrogen-bond donors (Lipinski definition) is 2. The minimum Gasteiger partial charge on any atom is -0.351 e. The van der Waals surface area contributed by atoms with Crippen LogP contribution in [0.15, 0.2) is 82.2 Å². The number of benzene rings is 3. The molecule has 5 rings (SSSR count). The maximum Gasteiger partial charge on any atom is 0.261 e. The van der Waals surface area contributed by atoms with Crippen LogP contribution in [-0.4, -0.2) is 63.5 Å². The van der Waals surface area contributed by atoms with Gasteiger partial charge >= 0.3 is 0 Å². The van der Waals surface area contributed by atoms with Crippen molar-refractivity contribution in [2.45, 2.75) is 4.90 Å². The molecule has 1 aliphatic heterocycles. The van der Waals surface area contributed by atoms with Gasteiger partial charge in [-0.1, -0.05) is 51.5 Å². The lowest BCUT2D eigenvalue weighted by atomic mass is 10.2. The number of halogens is 2. The SMILES string of the molecule is Cl.O=C(NCCN1CCN(c2nc3ccc(Br)cc3s2)CC1)c1cccc(NS(=O)(=O)c2ccccc2)c1. The Balaban J connectivity index is 0.00000336. The van der Waals surface area contributed by atoms with Crippen LogP contribution in [0.5, 0.6) is 0 Å². The molecule has 1 saturated heterocycles. The molecule has 8 nitrogen and oxygen atoms in total. The monoisotopic (exact) mass is 635 g/mol. The van der Waals surface area contributed by atoms with Gasteiger partial charge in [0.1, 0.15) is 0 Å². The Kier molecular flexibility index (Phi) is 9.27. The van der Waals surface area contributed by atoms with Crippen LogP contribution in [0.4, 0.5) is 10.8 Å². The van der Waals surface area contributed by atoms with Gasteiger partial charge in [-0.25, -0.2) is 13.4 Å². The predicted molar refractivity (Wildman–Crippen MR) is 159 cm³/mol. The average Bonchev–Trinajstić information content (AvgIpc) is 3.33. The number of sulfonamides is 1. The first-order valence-corrected chi connectivity index (χ1v) is 15.0. The van der Waals surface area contributed by atoms with E-state index in [1.165, 1.54) is 16.8 Å². The molecule has 200 valence electrons. The minimum atomic E-state index is -3.72. The molecular weight excluding hydrogens is 610 g/mol. The smallest absolute Gasteiger partial charge is 0.261 e. The summed E-state index contributed by atoms with van der Waals surface area (Å²) >= 11 is 5.23. The zero-order valence-corrected chi connectivity index (χ0v) is 24.4. The van der Waals surface area contributed by atoms with E-state index in [-0.39, 0.29) is 23.2 Å². The van der Waals surface area contributed by atoms with Crippen LogP contribution in [-0.2, 0) is 10.0 Å². The van der Waals surface area contributed by atoms with Crippen LogP contribution in [0.3, 0.4) is 0 Å². The number of amides is 1. The van der Waals surface area contributed by atoms with Crippen LogP contribution in [0, 0.1) is 0 Å². The van der Waals surface area contributed by atoms with E-state index in [1.54, 1.807) is 53.8 Å². The highest BCUT2D eigenvalue weighted by atomic mass is 79.9. The molecule has 1 aromatic heterocycles. The molecule has 3 aromatic carbocycles.